The van der Waals surface area contributed by atoms with E-state index in [0.29, 0.717) is 43.7 Å². The van der Waals surface area contributed by atoms with Gasteiger partial charge in [0.1, 0.15) is 5.52 Å². The molecular weight excluding hydrogens is 436 g/mol. The molecule has 0 unspecified atom stereocenters. The maximum Gasteiger partial charge on any atom is 0.257 e. The van der Waals surface area contributed by atoms with Gasteiger partial charge in [0, 0.05) is 33.0 Å². The maximum atomic E-state index is 12.8. The van der Waals surface area contributed by atoms with E-state index in [-0.39, 0.29) is 28.8 Å². The lowest BCUT2D eigenvalue weighted by atomic mass is 9.84. The topological polar surface area (TPSA) is 89.3 Å². The highest BCUT2D eigenvalue weighted by atomic mass is 35.5. The SMILES string of the molecule is O=C(CSc1nc2cc(Cl)ccc2o1)Nc1ccc2c(c1)C(=O)c1ccccc1C2=O. The smallest absolute Gasteiger partial charge is 0.257 e. The van der Waals surface area contributed by atoms with E-state index in [2.05, 4.69) is 10.3 Å². The molecule has 8 heteroatoms. The lowest BCUT2D eigenvalue weighted by Gasteiger charge is -2.18. The molecule has 0 atom stereocenters. The van der Waals surface area contributed by atoms with Gasteiger partial charge < -0.3 is 9.73 Å². The summed E-state index contributed by atoms with van der Waals surface area (Å²) in [4.78, 5) is 42.2. The van der Waals surface area contributed by atoms with Gasteiger partial charge in [-0.1, -0.05) is 47.6 Å². The zero-order chi connectivity index (χ0) is 21.5. The third kappa shape index (κ3) is 3.62. The van der Waals surface area contributed by atoms with E-state index in [1.54, 1.807) is 54.6 Å². The lowest BCUT2D eigenvalue weighted by Crippen LogP contribution is -2.21. The highest BCUT2D eigenvalue weighted by molar-refractivity contribution is 7.99. The van der Waals surface area contributed by atoms with Crippen molar-refractivity contribution in [1.29, 1.82) is 0 Å². The van der Waals surface area contributed by atoms with Crippen LogP contribution in [0.1, 0.15) is 31.8 Å². The molecule has 3 aromatic carbocycles. The van der Waals surface area contributed by atoms with Crippen molar-refractivity contribution in [3.8, 4) is 0 Å². The molecule has 6 nitrogen and oxygen atoms in total. The number of thioether (sulfide) groups is 1. The number of oxazole rings is 1. The fourth-order valence-corrected chi connectivity index (χ4v) is 4.25. The summed E-state index contributed by atoms with van der Waals surface area (Å²) in [6, 6.07) is 16.6. The van der Waals surface area contributed by atoms with Crippen LogP contribution in [0.3, 0.4) is 0 Å². The zero-order valence-corrected chi connectivity index (χ0v) is 17.4. The van der Waals surface area contributed by atoms with Crippen molar-refractivity contribution in [3.63, 3.8) is 0 Å². The Balaban J connectivity index is 1.30. The number of amides is 1. The van der Waals surface area contributed by atoms with Crippen molar-refractivity contribution < 1.29 is 18.8 Å². The minimum atomic E-state index is -0.291. The van der Waals surface area contributed by atoms with Gasteiger partial charge in [0.25, 0.3) is 5.22 Å². The number of nitrogens with one attached hydrogen (secondary N) is 1. The Bertz CT molecular complexity index is 1400. The second-order valence-corrected chi connectivity index (χ2v) is 8.26. The number of benzene rings is 3. The molecule has 0 saturated heterocycles. The predicted molar refractivity (Wildman–Crippen MR) is 118 cm³/mol. The van der Waals surface area contributed by atoms with Gasteiger partial charge in [-0.15, -0.1) is 0 Å². The van der Waals surface area contributed by atoms with Gasteiger partial charge in [-0.2, -0.15) is 0 Å². The summed E-state index contributed by atoms with van der Waals surface area (Å²) in [7, 11) is 0. The van der Waals surface area contributed by atoms with E-state index in [0.717, 1.165) is 11.8 Å². The molecule has 0 spiro atoms. The number of carbonyl (C=O) groups excluding carboxylic acids is 3. The van der Waals surface area contributed by atoms with E-state index in [1.807, 2.05) is 0 Å². The van der Waals surface area contributed by atoms with Gasteiger partial charge in [-0.05, 0) is 36.4 Å². The second kappa shape index (κ2) is 7.68. The highest BCUT2D eigenvalue weighted by Gasteiger charge is 2.29. The first-order valence-electron chi connectivity index (χ1n) is 9.31. The number of rotatable bonds is 4. The van der Waals surface area contributed by atoms with Crippen LogP contribution >= 0.6 is 23.4 Å². The molecule has 0 aliphatic heterocycles. The van der Waals surface area contributed by atoms with E-state index in [1.165, 1.54) is 6.07 Å². The Morgan fingerprint density at radius 1 is 0.935 bits per heavy atom. The minimum absolute atomic E-state index is 0.0628. The van der Waals surface area contributed by atoms with Gasteiger partial charge in [-0.25, -0.2) is 4.98 Å². The Hall–Kier alpha value is -3.42. The normalized spacial score (nSPS) is 12.5. The number of nitrogens with zero attached hydrogens (tertiary/aromatic N) is 1. The Kier molecular flexibility index (Phi) is 4.84. The average molecular weight is 449 g/mol. The van der Waals surface area contributed by atoms with Crippen molar-refractivity contribution in [3.05, 3.63) is 87.9 Å². The van der Waals surface area contributed by atoms with Crippen molar-refractivity contribution in [2.75, 3.05) is 11.1 Å². The summed E-state index contributed by atoms with van der Waals surface area (Å²) in [5, 5.41) is 3.66. The number of hydrogen-bond acceptors (Lipinski definition) is 6. The van der Waals surface area contributed by atoms with Gasteiger partial charge in [-0.3, -0.25) is 14.4 Å². The molecule has 1 heterocycles. The van der Waals surface area contributed by atoms with Crippen LogP contribution in [0.5, 0.6) is 0 Å². The minimum Gasteiger partial charge on any atom is -0.431 e. The first kappa shape index (κ1) is 19.5. The van der Waals surface area contributed by atoms with E-state index >= 15 is 0 Å². The van der Waals surface area contributed by atoms with Crippen LogP contribution in [-0.2, 0) is 4.79 Å². The molecule has 1 aliphatic carbocycles. The number of aromatic nitrogens is 1. The average Bonchev–Trinajstić information content (AvgIpc) is 3.18. The van der Waals surface area contributed by atoms with Crippen LogP contribution in [0.25, 0.3) is 11.1 Å². The molecule has 31 heavy (non-hydrogen) atoms. The summed E-state index contributed by atoms with van der Waals surface area (Å²) in [5.74, 6) is -0.663. The first-order chi connectivity index (χ1) is 15.0. The van der Waals surface area contributed by atoms with Crippen molar-refractivity contribution in [2.45, 2.75) is 5.22 Å². The summed E-state index contributed by atoms with van der Waals surface area (Å²) in [6.07, 6.45) is 0. The Morgan fingerprint density at radius 2 is 1.65 bits per heavy atom. The summed E-state index contributed by atoms with van der Waals surface area (Å²) < 4.78 is 5.59. The molecule has 152 valence electrons. The van der Waals surface area contributed by atoms with E-state index in [9.17, 15) is 14.4 Å². The Morgan fingerprint density at radius 3 is 2.42 bits per heavy atom. The van der Waals surface area contributed by atoms with Crippen molar-refractivity contribution in [2.24, 2.45) is 0 Å². The zero-order valence-electron chi connectivity index (χ0n) is 15.8. The first-order valence-corrected chi connectivity index (χ1v) is 10.7. The third-order valence-electron chi connectivity index (χ3n) is 4.87. The van der Waals surface area contributed by atoms with Crippen LogP contribution in [0.15, 0.2) is 70.3 Å². The van der Waals surface area contributed by atoms with Crippen LogP contribution in [-0.4, -0.2) is 28.2 Å². The fraction of sp³-hybridized carbons (Fsp3) is 0.0435. The van der Waals surface area contributed by atoms with Crippen LogP contribution in [0, 0.1) is 0 Å². The molecule has 0 saturated carbocycles. The molecule has 1 aromatic heterocycles. The monoisotopic (exact) mass is 448 g/mol. The number of ketones is 2. The number of fused-ring (bicyclic) bond motifs is 3. The van der Waals surface area contributed by atoms with E-state index in [4.69, 9.17) is 16.0 Å². The molecule has 0 fully saturated rings. The van der Waals surface area contributed by atoms with Gasteiger partial charge in [0.05, 0.1) is 5.75 Å². The quantitative estimate of drug-likeness (QED) is 0.390. The summed E-state index contributed by atoms with van der Waals surface area (Å²) >= 11 is 7.09. The summed E-state index contributed by atoms with van der Waals surface area (Å²) in [5.41, 5.74) is 3.03. The molecular formula is C23H13ClN2O4S. The molecule has 5 rings (SSSR count). The Labute approximate surface area is 185 Å². The van der Waals surface area contributed by atoms with Gasteiger partial charge >= 0.3 is 0 Å². The number of halogens is 1. The van der Waals surface area contributed by atoms with Crippen LogP contribution < -0.4 is 5.32 Å². The summed E-state index contributed by atoms with van der Waals surface area (Å²) in [6.45, 7) is 0. The molecule has 1 aliphatic rings. The van der Waals surface area contributed by atoms with Gasteiger partial charge in [0.15, 0.2) is 17.1 Å². The van der Waals surface area contributed by atoms with Gasteiger partial charge in [0.2, 0.25) is 5.91 Å². The molecule has 0 bridgehead atoms. The number of hydrogen-bond donors (Lipinski definition) is 1. The fourth-order valence-electron chi connectivity index (χ4n) is 3.44. The second-order valence-electron chi connectivity index (χ2n) is 6.89. The predicted octanol–water partition coefficient (Wildman–Crippen LogP) is 4.99. The standard InChI is InChI=1S/C23H13ClN2O4S/c24-12-5-8-19-18(9-12)26-23(30-19)31-11-20(27)25-13-6-7-16-17(10-13)22(29)15-4-2-1-3-14(15)21(16)28/h1-10H,11H2,(H,25,27). The van der Waals surface area contributed by atoms with Crippen molar-refractivity contribution >= 4 is 57.6 Å². The highest BCUT2D eigenvalue weighted by Crippen LogP contribution is 2.29. The van der Waals surface area contributed by atoms with Crippen LogP contribution in [0.4, 0.5) is 5.69 Å². The molecule has 1 N–H and O–H groups in total. The molecule has 1 amide bonds. The van der Waals surface area contributed by atoms with Crippen LogP contribution in [0.2, 0.25) is 5.02 Å². The molecule has 4 aromatic rings. The molecule has 0 radical (unpaired) electrons. The maximum absolute atomic E-state index is 12.8. The third-order valence-corrected chi connectivity index (χ3v) is 5.93. The lowest BCUT2D eigenvalue weighted by molar-refractivity contribution is -0.113. The largest absolute Gasteiger partial charge is 0.431 e. The number of anilines is 1. The number of carbonyl (C=O) groups is 3. The van der Waals surface area contributed by atoms with Crippen molar-refractivity contribution in [1.82, 2.24) is 4.98 Å². The van der Waals surface area contributed by atoms with E-state index < -0.39 is 0 Å².